The molecule has 0 N–H and O–H groups in total. The minimum atomic E-state index is 0.523. The van der Waals surface area contributed by atoms with Gasteiger partial charge in [-0.25, -0.2) is 9.98 Å². The quantitative estimate of drug-likeness (QED) is 0.386. The topological polar surface area (TPSA) is 50.6 Å². The summed E-state index contributed by atoms with van der Waals surface area (Å²) in [5, 5.41) is 1.06. The van der Waals surface area contributed by atoms with Gasteiger partial charge in [-0.1, -0.05) is 0 Å². The van der Waals surface area contributed by atoms with Crippen LogP contribution in [-0.2, 0) is 0 Å². The number of ether oxygens (including phenoxy) is 1. The SMILES string of the molecule is CCN(C)C=Nc1cc(Br)c(Oc2cc(C)c3ncc(C)cc3c2)nc1C. The summed E-state index contributed by atoms with van der Waals surface area (Å²) in [6.07, 6.45) is 3.69. The van der Waals surface area contributed by atoms with Gasteiger partial charge in [0.25, 0.3) is 0 Å². The van der Waals surface area contributed by atoms with Crippen molar-refractivity contribution in [3.8, 4) is 11.6 Å². The molecule has 1 aromatic carbocycles. The standard InChI is InChI=1S/C21H23BrN4O/c1-6-26(5)12-24-19-10-18(22)21(25-15(19)4)27-17-8-14(3)20-16(9-17)7-13(2)11-23-20/h7-12H,6H2,1-5H3. The molecule has 3 aromatic rings. The van der Waals surface area contributed by atoms with Gasteiger partial charge in [0.15, 0.2) is 0 Å². The molecule has 0 saturated heterocycles. The Morgan fingerprint density at radius 2 is 1.96 bits per heavy atom. The van der Waals surface area contributed by atoms with Crippen molar-refractivity contribution in [1.29, 1.82) is 0 Å². The minimum Gasteiger partial charge on any atom is -0.438 e. The van der Waals surface area contributed by atoms with Gasteiger partial charge in [-0.05, 0) is 79.0 Å². The normalized spacial score (nSPS) is 11.3. The first-order valence-corrected chi connectivity index (χ1v) is 9.63. The lowest BCUT2D eigenvalue weighted by Crippen LogP contribution is -2.14. The average molecular weight is 427 g/mol. The molecule has 3 rings (SSSR count). The smallest absolute Gasteiger partial charge is 0.233 e. The van der Waals surface area contributed by atoms with Crippen molar-refractivity contribution in [3.63, 3.8) is 0 Å². The lowest BCUT2D eigenvalue weighted by Gasteiger charge is -2.12. The van der Waals surface area contributed by atoms with Crippen LogP contribution in [0.2, 0.25) is 0 Å². The maximum absolute atomic E-state index is 6.07. The van der Waals surface area contributed by atoms with Gasteiger partial charge < -0.3 is 9.64 Å². The van der Waals surface area contributed by atoms with Crippen LogP contribution in [0.25, 0.3) is 10.9 Å². The van der Waals surface area contributed by atoms with Crippen molar-refractivity contribution in [3.05, 3.63) is 51.8 Å². The number of aryl methyl sites for hydroxylation is 3. The summed E-state index contributed by atoms with van der Waals surface area (Å²) in [6, 6.07) is 8.01. The zero-order valence-corrected chi connectivity index (χ0v) is 17.8. The highest BCUT2D eigenvalue weighted by Gasteiger charge is 2.11. The van der Waals surface area contributed by atoms with Crippen LogP contribution in [0.1, 0.15) is 23.7 Å². The molecule has 2 heterocycles. The molecule has 0 amide bonds. The van der Waals surface area contributed by atoms with Gasteiger partial charge in [0.2, 0.25) is 5.88 Å². The lowest BCUT2D eigenvalue weighted by molar-refractivity contribution is 0.459. The molecule has 0 aliphatic rings. The summed E-state index contributed by atoms with van der Waals surface area (Å²) in [5.41, 5.74) is 4.79. The number of hydrogen-bond acceptors (Lipinski definition) is 4. The summed E-state index contributed by atoms with van der Waals surface area (Å²) in [5.74, 6) is 1.26. The van der Waals surface area contributed by atoms with E-state index in [2.05, 4.69) is 43.9 Å². The van der Waals surface area contributed by atoms with E-state index in [0.717, 1.165) is 50.2 Å². The largest absolute Gasteiger partial charge is 0.438 e. The molecule has 0 spiro atoms. The third kappa shape index (κ3) is 4.45. The molecular formula is C21H23BrN4O. The van der Waals surface area contributed by atoms with Gasteiger partial charge in [-0.2, -0.15) is 0 Å². The molecule has 0 aliphatic carbocycles. The number of pyridine rings is 2. The van der Waals surface area contributed by atoms with Gasteiger partial charge in [-0.15, -0.1) is 0 Å². The zero-order chi connectivity index (χ0) is 19.6. The summed E-state index contributed by atoms with van der Waals surface area (Å²) < 4.78 is 6.84. The fraction of sp³-hybridized carbons (Fsp3) is 0.286. The molecule has 6 heteroatoms. The number of fused-ring (bicyclic) bond motifs is 1. The third-order valence-corrected chi connectivity index (χ3v) is 4.87. The Balaban J connectivity index is 1.93. The van der Waals surface area contributed by atoms with Crippen LogP contribution < -0.4 is 4.74 Å². The second kappa shape index (κ2) is 8.05. The maximum atomic E-state index is 6.07. The van der Waals surface area contributed by atoms with Crippen LogP contribution in [-0.4, -0.2) is 34.8 Å². The minimum absolute atomic E-state index is 0.523. The highest BCUT2D eigenvalue weighted by atomic mass is 79.9. The van der Waals surface area contributed by atoms with Crippen molar-refractivity contribution < 1.29 is 4.74 Å². The highest BCUT2D eigenvalue weighted by molar-refractivity contribution is 9.10. The van der Waals surface area contributed by atoms with Crippen LogP contribution in [0, 0.1) is 20.8 Å². The van der Waals surface area contributed by atoms with Crippen molar-refractivity contribution in [2.45, 2.75) is 27.7 Å². The number of aromatic nitrogens is 2. The first-order valence-electron chi connectivity index (χ1n) is 8.83. The van der Waals surface area contributed by atoms with Crippen molar-refractivity contribution >= 4 is 38.9 Å². The van der Waals surface area contributed by atoms with E-state index < -0.39 is 0 Å². The molecule has 0 atom stereocenters. The number of rotatable bonds is 5. The van der Waals surface area contributed by atoms with E-state index in [1.807, 2.05) is 57.1 Å². The Bertz CT molecular complexity index is 1020. The molecule has 2 aromatic heterocycles. The van der Waals surface area contributed by atoms with E-state index in [9.17, 15) is 0 Å². The molecule has 5 nitrogen and oxygen atoms in total. The van der Waals surface area contributed by atoms with Crippen molar-refractivity contribution in [2.24, 2.45) is 4.99 Å². The van der Waals surface area contributed by atoms with Crippen molar-refractivity contribution in [2.75, 3.05) is 13.6 Å². The molecule has 140 valence electrons. The molecule has 0 saturated carbocycles. The molecule has 0 unspecified atom stereocenters. The number of nitrogens with zero attached hydrogens (tertiary/aromatic N) is 4. The fourth-order valence-electron chi connectivity index (χ4n) is 2.67. The predicted molar refractivity (Wildman–Crippen MR) is 114 cm³/mol. The summed E-state index contributed by atoms with van der Waals surface area (Å²) in [7, 11) is 1.98. The van der Waals surface area contributed by atoms with Crippen LogP contribution in [0.3, 0.4) is 0 Å². The number of halogens is 1. The van der Waals surface area contributed by atoms with Crippen LogP contribution in [0.4, 0.5) is 5.69 Å². The van der Waals surface area contributed by atoms with Gasteiger partial charge in [-0.3, -0.25) is 4.98 Å². The zero-order valence-electron chi connectivity index (χ0n) is 16.2. The Morgan fingerprint density at radius 1 is 1.19 bits per heavy atom. The Kier molecular flexibility index (Phi) is 5.75. The second-order valence-corrected chi connectivity index (χ2v) is 7.48. The lowest BCUT2D eigenvalue weighted by atomic mass is 10.1. The van der Waals surface area contributed by atoms with Crippen LogP contribution >= 0.6 is 15.9 Å². The monoisotopic (exact) mass is 426 g/mol. The van der Waals surface area contributed by atoms with Gasteiger partial charge in [0.1, 0.15) is 5.75 Å². The Hall–Kier alpha value is -2.47. The summed E-state index contributed by atoms with van der Waals surface area (Å²) in [6.45, 7) is 8.97. The van der Waals surface area contributed by atoms with E-state index in [1.54, 1.807) is 6.34 Å². The van der Waals surface area contributed by atoms with E-state index in [-0.39, 0.29) is 0 Å². The molecule has 0 radical (unpaired) electrons. The molecule has 0 aliphatic heterocycles. The van der Waals surface area contributed by atoms with Gasteiger partial charge in [0.05, 0.1) is 27.7 Å². The third-order valence-electron chi connectivity index (χ3n) is 4.30. The van der Waals surface area contributed by atoms with E-state index in [0.29, 0.717) is 5.88 Å². The van der Waals surface area contributed by atoms with Gasteiger partial charge >= 0.3 is 0 Å². The highest BCUT2D eigenvalue weighted by Crippen LogP contribution is 2.34. The van der Waals surface area contributed by atoms with E-state index >= 15 is 0 Å². The Morgan fingerprint density at radius 3 is 2.70 bits per heavy atom. The molecular weight excluding hydrogens is 404 g/mol. The maximum Gasteiger partial charge on any atom is 0.233 e. The second-order valence-electron chi connectivity index (χ2n) is 6.62. The van der Waals surface area contributed by atoms with E-state index in [1.165, 1.54) is 0 Å². The first kappa shape index (κ1) is 19.3. The fourth-order valence-corrected chi connectivity index (χ4v) is 3.06. The van der Waals surface area contributed by atoms with E-state index in [4.69, 9.17) is 4.74 Å². The number of benzene rings is 1. The summed E-state index contributed by atoms with van der Waals surface area (Å²) in [4.78, 5) is 15.6. The molecule has 27 heavy (non-hydrogen) atoms. The van der Waals surface area contributed by atoms with Crippen molar-refractivity contribution in [1.82, 2.24) is 14.9 Å². The predicted octanol–water partition coefficient (Wildman–Crippen LogP) is 5.72. The molecule has 0 bridgehead atoms. The number of hydrogen-bond donors (Lipinski definition) is 0. The van der Waals surface area contributed by atoms with Crippen LogP contribution in [0.5, 0.6) is 11.6 Å². The molecule has 0 fully saturated rings. The summed E-state index contributed by atoms with van der Waals surface area (Å²) >= 11 is 3.56. The van der Waals surface area contributed by atoms with Gasteiger partial charge in [0, 0.05) is 25.2 Å². The average Bonchev–Trinajstić information content (AvgIpc) is 2.62. The number of aliphatic imine (C=N–C) groups is 1. The first-order chi connectivity index (χ1) is 12.9. The van der Waals surface area contributed by atoms with Crippen LogP contribution in [0.15, 0.2) is 39.9 Å². The Labute approximate surface area is 168 Å².